The highest BCUT2D eigenvalue weighted by molar-refractivity contribution is 5.95. The van der Waals surface area contributed by atoms with E-state index in [9.17, 15) is 9.59 Å². The Morgan fingerprint density at radius 1 is 1.42 bits per heavy atom. The Hall–Kier alpha value is -2.11. The molecule has 1 saturated heterocycles. The minimum absolute atomic E-state index is 0.0181. The molecule has 0 bridgehead atoms. The smallest absolute Gasteiger partial charge is 0.254 e. The normalized spacial score (nSPS) is 16.0. The lowest BCUT2D eigenvalue weighted by atomic mass is 9.92. The maximum absolute atomic E-state index is 12.6. The van der Waals surface area contributed by atoms with Gasteiger partial charge in [0.25, 0.3) is 5.91 Å². The second-order valence-electron chi connectivity index (χ2n) is 6.90. The molecule has 1 atom stereocenters. The van der Waals surface area contributed by atoms with Gasteiger partial charge in [-0.1, -0.05) is 27.4 Å². The first kappa shape index (κ1) is 18.2. The third-order valence-corrected chi connectivity index (χ3v) is 4.53. The molecule has 2 rings (SSSR count). The van der Waals surface area contributed by atoms with Gasteiger partial charge in [-0.3, -0.25) is 14.3 Å². The van der Waals surface area contributed by atoms with Crippen molar-refractivity contribution in [1.82, 2.24) is 20.0 Å². The maximum atomic E-state index is 12.6. The van der Waals surface area contributed by atoms with E-state index in [0.717, 1.165) is 18.7 Å². The average molecular weight is 332 g/mol. The fraction of sp³-hybridized carbons (Fsp3) is 0.611. The number of carbonyl (C=O) groups is 2. The summed E-state index contributed by atoms with van der Waals surface area (Å²) >= 11 is 0. The van der Waals surface area contributed by atoms with E-state index < -0.39 is 0 Å². The molecule has 1 fully saturated rings. The summed E-state index contributed by atoms with van der Waals surface area (Å²) < 4.78 is 1.93. The Kier molecular flexibility index (Phi) is 5.80. The van der Waals surface area contributed by atoms with Crippen molar-refractivity contribution in [2.24, 2.45) is 11.8 Å². The minimum Gasteiger partial charge on any atom is -0.349 e. The lowest BCUT2D eigenvalue weighted by molar-refractivity contribution is -0.132. The number of aromatic nitrogens is 2. The third kappa shape index (κ3) is 3.86. The molecule has 1 N–H and O–H groups in total. The monoisotopic (exact) mass is 332 g/mol. The van der Waals surface area contributed by atoms with Gasteiger partial charge in [0, 0.05) is 31.6 Å². The van der Waals surface area contributed by atoms with E-state index in [1.165, 1.54) is 6.08 Å². The van der Waals surface area contributed by atoms with Gasteiger partial charge in [0.15, 0.2) is 0 Å². The maximum Gasteiger partial charge on any atom is 0.254 e. The van der Waals surface area contributed by atoms with E-state index in [0.29, 0.717) is 24.6 Å². The van der Waals surface area contributed by atoms with Gasteiger partial charge in [-0.2, -0.15) is 5.10 Å². The van der Waals surface area contributed by atoms with Crippen molar-refractivity contribution in [3.63, 3.8) is 0 Å². The first-order valence-corrected chi connectivity index (χ1v) is 8.64. The number of hydrogen-bond acceptors (Lipinski definition) is 3. The van der Waals surface area contributed by atoms with Gasteiger partial charge in [-0.25, -0.2) is 0 Å². The van der Waals surface area contributed by atoms with Crippen LogP contribution in [0.5, 0.6) is 0 Å². The highest BCUT2D eigenvalue weighted by atomic mass is 16.2. The van der Waals surface area contributed by atoms with Gasteiger partial charge < -0.3 is 10.2 Å². The Morgan fingerprint density at radius 3 is 2.62 bits per heavy atom. The van der Waals surface area contributed by atoms with Crippen LogP contribution < -0.4 is 5.32 Å². The van der Waals surface area contributed by atoms with E-state index in [2.05, 4.69) is 30.8 Å². The summed E-state index contributed by atoms with van der Waals surface area (Å²) in [6.07, 6.45) is 3.77. The van der Waals surface area contributed by atoms with E-state index in [1.54, 1.807) is 11.1 Å². The molecule has 2 heterocycles. The fourth-order valence-electron chi connectivity index (χ4n) is 3.02. The van der Waals surface area contributed by atoms with Gasteiger partial charge in [0.2, 0.25) is 5.91 Å². The summed E-state index contributed by atoms with van der Waals surface area (Å²) in [5, 5.41) is 7.43. The van der Waals surface area contributed by atoms with Crippen molar-refractivity contribution in [3.05, 3.63) is 30.1 Å². The van der Waals surface area contributed by atoms with Crippen molar-refractivity contribution in [1.29, 1.82) is 0 Å². The van der Waals surface area contributed by atoms with Gasteiger partial charge >= 0.3 is 0 Å². The van der Waals surface area contributed by atoms with E-state index in [4.69, 9.17) is 0 Å². The number of likely N-dealkylation sites (tertiary alicyclic amines) is 1. The molecule has 1 aliphatic heterocycles. The van der Waals surface area contributed by atoms with Gasteiger partial charge in [0.1, 0.15) is 0 Å². The number of carbonyl (C=O) groups excluding carboxylic acids is 2. The minimum atomic E-state index is -0.0807. The molecule has 0 aliphatic carbocycles. The summed E-state index contributed by atoms with van der Waals surface area (Å²) in [7, 11) is 0. The van der Waals surface area contributed by atoms with Crippen LogP contribution in [0.3, 0.4) is 0 Å². The van der Waals surface area contributed by atoms with Crippen molar-refractivity contribution in [3.8, 4) is 0 Å². The van der Waals surface area contributed by atoms with Crippen LogP contribution in [-0.4, -0.2) is 45.6 Å². The topological polar surface area (TPSA) is 67.2 Å². The molecule has 2 amide bonds. The number of amides is 2. The van der Waals surface area contributed by atoms with Crippen LogP contribution in [0.25, 0.3) is 0 Å². The summed E-state index contributed by atoms with van der Waals surface area (Å²) in [6, 6.07) is 0.0181. The summed E-state index contributed by atoms with van der Waals surface area (Å²) in [6.45, 7) is 13.9. The molecule has 132 valence electrons. The van der Waals surface area contributed by atoms with Crippen molar-refractivity contribution >= 4 is 11.8 Å². The van der Waals surface area contributed by atoms with Crippen molar-refractivity contribution in [2.45, 2.75) is 46.7 Å². The highest BCUT2D eigenvalue weighted by Gasteiger charge is 2.34. The zero-order valence-electron chi connectivity index (χ0n) is 15.1. The zero-order valence-corrected chi connectivity index (χ0v) is 15.1. The highest BCUT2D eigenvalue weighted by Crippen LogP contribution is 2.20. The molecule has 0 aromatic carbocycles. The number of rotatable bonds is 7. The van der Waals surface area contributed by atoms with E-state index in [1.807, 2.05) is 18.5 Å². The van der Waals surface area contributed by atoms with Crippen LogP contribution >= 0.6 is 0 Å². The lowest BCUT2D eigenvalue weighted by Gasteiger charge is -2.42. The van der Waals surface area contributed by atoms with Gasteiger partial charge in [-0.05, 0) is 25.3 Å². The number of nitrogens with one attached hydrogen (secondary N) is 1. The molecular formula is C18H28N4O2. The van der Waals surface area contributed by atoms with Gasteiger partial charge in [0.05, 0.1) is 17.5 Å². The molecule has 6 nitrogen and oxygen atoms in total. The second kappa shape index (κ2) is 7.64. The molecule has 1 unspecified atom stereocenters. The van der Waals surface area contributed by atoms with Crippen LogP contribution in [0.15, 0.2) is 18.9 Å². The Balaban J connectivity index is 1.96. The summed E-state index contributed by atoms with van der Waals surface area (Å²) in [5.41, 5.74) is 1.63. The third-order valence-electron chi connectivity index (χ3n) is 4.53. The van der Waals surface area contributed by atoms with Crippen LogP contribution in [-0.2, 0) is 17.8 Å². The second-order valence-corrected chi connectivity index (χ2v) is 6.90. The summed E-state index contributed by atoms with van der Waals surface area (Å²) in [4.78, 5) is 25.8. The summed E-state index contributed by atoms with van der Waals surface area (Å²) in [5.74, 6) is 0.637. The molecule has 1 aromatic heterocycles. The van der Waals surface area contributed by atoms with Crippen LogP contribution in [0.2, 0.25) is 0 Å². The quantitative estimate of drug-likeness (QED) is 0.775. The lowest BCUT2D eigenvalue weighted by Crippen LogP contribution is -2.57. The van der Waals surface area contributed by atoms with Crippen molar-refractivity contribution in [2.75, 3.05) is 13.1 Å². The molecule has 0 saturated carbocycles. The molecule has 1 aromatic rings. The van der Waals surface area contributed by atoms with Crippen LogP contribution in [0.4, 0.5) is 0 Å². The molecular weight excluding hydrogens is 304 g/mol. The zero-order chi connectivity index (χ0) is 17.9. The SMILES string of the molecule is C=CC(=O)N1CC(C(C)NC(=O)c2cnn(CC(C)C)c2CC)C1. The van der Waals surface area contributed by atoms with Gasteiger partial charge in [-0.15, -0.1) is 0 Å². The van der Waals surface area contributed by atoms with Crippen LogP contribution in [0.1, 0.15) is 43.7 Å². The fourth-order valence-corrected chi connectivity index (χ4v) is 3.02. The van der Waals surface area contributed by atoms with E-state index >= 15 is 0 Å². The largest absolute Gasteiger partial charge is 0.349 e. The molecule has 6 heteroatoms. The van der Waals surface area contributed by atoms with Crippen molar-refractivity contribution < 1.29 is 9.59 Å². The predicted molar refractivity (Wildman–Crippen MR) is 93.6 cm³/mol. The molecule has 24 heavy (non-hydrogen) atoms. The van der Waals surface area contributed by atoms with Crippen LogP contribution in [0, 0.1) is 11.8 Å². The number of hydrogen-bond donors (Lipinski definition) is 1. The average Bonchev–Trinajstić information content (AvgIpc) is 2.87. The first-order valence-electron chi connectivity index (χ1n) is 8.64. The Labute approximate surface area is 143 Å². The molecule has 0 spiro atoms. The Bertz CT molecular complexity index is 615. The van der Waals surface area contributed by atoms with E-state index in [-0.39, 0.29) is 23.8 Å². The first-order chi connectivity index (χ1) is 11.4. The Morgan fingerprint density at radius 2 is 2.08 bits per heavy atom. The standard InChI is InChI=1S/C18H28N4O2/c1-6-16-15(8-19-22(16)9-12(3)4)18(24)20-13(5)14-10-21(11-14)17(23)7-2/h7-8,12-14H,2,6,9-11H2,1,3-5H3,(H,20,24). The predicted octanol–water partition coefficient (Wildman–Crippen LogP) is 1.86. The molecule has 0 radical (unpaired) electrons. The number of nitrogens with zero attached hydrogens (tertiary/aromatic N) is 3. The molecule has 1 aliphatic rings.